The van der Waals surface area contributed by atoms with Gasteiger partial charge >= 0.3 is 0 Å². The molecular weight excluding hydrogens is 672 g/mol. The Hall–Kier alpha value is -1.52. The molecular formula is C31H37Br2ClN4O3. The van der Waals surface area contributed by atoms with Gasteiger partial charge in [-0.25, -0.2) is 0 Å². The van der Waals surface area contributed by atoms with Crippen molar-refractivity contribution in [3.63, 3.8) is 0 Å². The van der Waals surface area contributed by atoms with Gasteiger partial charge in [-0.2, -0.15) is 0 Å². The van der Waals surface area contributed by atoms with Crippen molar-refractivity contribution in [1.29, 1.82) is 0 Å². The third-order valence-corrected chi connectivity index (χ3v) is 10.9. The van der Waals surface area contributed by atoms with Crippen LogP contribution < -0.4 is 5.32 Å². The second kappa shape index (κ2) is 12.6. The van der Waals surface area contributed by atoms with Crippen molar-refractivity contribution in [3.05, 3.63) is 60.7 Å². The van der Waals surface area contributed by atoms with Crippen LogP contribution in [0.25, 0.3) is 0 Å². The Morgan fingerprint density at radius 2 is 1.71 bits per heavy atom. The molecule has 6 rings (SSSR count). The van der Waals surface area contributed by atoms with Crippen molar-refractivity contribution in [2.45, 2.75) is 69.4 Å². The first kappa shape index (κ1) is 29.5. The third-order valence-electron chi connectivity index (χ3n) is 9.58. The zero-order valence-corrected chi connectivity index (χ0v) is 27.1. The lowest BCUT2D eigenvalue weighted by molar-refractivity contribution is -0.136. The maximum atomic E-state index is 13.4. The fourth-order valence-electron chi connectivity index (χ4n) is 7.37. The van der Waals surface area contributed by atoms with E-state index in [-0.39, 0.29) is 23.8 Å². The lowest BCUT2D eigenvalue weighted by Gasteiger charge is -2.38. The van der Waals surface area contributed by atoms with Gasteiger partial charge in [-0.05, 0) is 108 Å². The number of aryl methyl sites for hydroxylation is 2. The van der Waals surface area contributed by atoms with Gasteiger partial charge in [0.1, 0.15) is 0 Å². The second-order valence-electron chi connectivity index (χ2n) is 12.2. The highest BCUT2D eigenvalue weighted by atomic mass is 79.9. The van der Waals surface area contributed by atoms with E-state index in [9.17, 15) is 14.7 Å². The molecule has 2 N–H and O–H groups in total. The average molecular weight is 709 g/mol. The molecule has 3 aliphatic heterocycles. The van der Waals surface area contributed by atoms with Crippen LogP contribution in [-0.4, -0.2) is 76.6 Å². The first-order valence-electron chi connectivity index (χ1n) is 14.9. The van der Waals surface area contributed by atoms with Crippen molar-refractivity contribution >= 4 is 55.3 Å². The maximum absolute atomic E-state index is 13.4. The average Bonchev–Trinajstić information content (AvgIpc) is 3.33. The number of nitrogens with one attached hydrogen (secondary N) is 1. The summed E-state index contributed by atoms with van der Waals surface area (Å²) in [7, 11) is 0. The standard InChI is InChI=1S/C31H37Br2ClN4O3/c32-22-12-21-2-1-20-13-23(34)14-25(33)28(20)29(30(21)36-16-22)19-5-9-37(10-6-19)27(40)11-18-3-7-38(8-4-18)31(41)26-15-24(39)17-35-26/h12-14,16,18-19,24,26,29,35,39H,1-11,15,17H2/t24-,26?,29-/m1/s1. The number of benzene rings is 1. The van der Waals surface area contributed by atoms with Crippen LogP contribution in [-0.2, 0) is 22.4 Å². The highest BCUT2D eigenvalue weighted by Crippen LogP contribution is 2.46. The number of hydrogen-bond acceptors (Lipinski definition) is 5. The van der Waals surface area contributed by atoms with Crippen molar-refractivity contribution in [2.75, 3.05) is 32.7 Å². The number of aromatic nitrogens is 1. The molecule has 1 aliphatic carbocycles. The number of halogens is 3. The van der Waals surface area contributed by atoms with Crippen molar-refractivity contribution in [3.8, 4) is 0 Å². The number of likely N-dealkylation sites (tertiary alicyclic amines) is 2. The molecule has 2 aromatic rings. The van der Waals surface area contributed by atoms with Gasteiger partial charge in [0, 0.05) is 65.2 Å². The predicted octanol–water partition coefficient (Wildman–Crippen LogP) is 5.08. The summed E-state index contributed by atoms with van der Waals surface area (Å²) in [5.74, 6) is 1.20. The van der Waals surface area contributed by atoms with Crippen LogP contribution in [0.4, 0.5) is 0 Å². The van der Waals surface area contributed by atoms with E-state index in [0.717, 1.165) is 71.3 Å². The van der Waals surface area contributed by atoms with Crippen molar-refractivity contribution < 1.29 is 14.7 Å². The minimum atomic E-state index is -0.436. The fourth-order valence-corrected chi connectivity index (χ4v) is 8.87. The second-order valence-corrected chi connectivity index (χ2v) is 14.4. The Bertz CT molecular complexity index is 1310. The van der Waals surface area contributed by atoms with Crippen LogP contribution in [0.15, 0.2) is 33.3 Å². The molecule has 3 atom stereocenters. The number of piperidine rings is 2. The molecule has 41 heavy (non-hydrogen) atoms. The van der Waals surface area contributed by atoms with Crippen LogP contribution in [0.3, 0.4) is 0 Å². The Labute approximate surface area is 263 Å². The molecule has 4 aliphatic rings. The van der Waals surface area contributed by atoms with Gasteiger partial charge in [-0.3, -0.25) is 14.6 Å². The van der Waals surface area contributed by atoms with Gasteiger partial charge in [0.25, 0.3) is 0 Å². The molecule has 2 amide bonds. The van der Waals surface area contributed by atoms with Crippen LogP contribution in [0.1, 0.15) is 66.8 Å². The van der Waals surface area contributed by atoms with Gasteiger partial charge in [-0.15, -0.1) is 0 Å². The molecule has 0 bridgehead atoms. The minimum absolute atomic E-state index is 0.0887. The minimum Gasteiger partial charge on any atom is -0.392 e. The van der Waals surface area contributed by atoms with Gasteiger partial charge in [0.15, 0.2) is 0 Å². The van der Waals surface area contributed by atoms with E-state index in [4.69, 9.17) is 16.6 Å². The Morgan fingerprint density at radius 3 is 2.41 bits per heavy atom. The van der Waals surface area contributed by atoms with Crippen LogP contribution in [0, 0.1) is 11.8 Å². The summed E-state index contributed by atoms with van der Waals surface area (Å²) in [5, 5.41) is 13.6. The fraction of sp³-hybridized carbons (Fsp3) is 0.581. The summed E-state index contributed by atoms with van der Waals surface area (Å²) in [6.45, 7) is 3.39. The molecule has 1 aromatic heterocycles. The first-order valence-corrected chi connectivity index (χ1v) is 16.8. The van der Waals surface area contributed by atoms with Gasteiger partial charge in [0.2, 0.25) is 11.8 Å². The highest BCUT2D eigenvalue weighted by molar-refractivity contribution is 9.10. The highest BCUT2D eigenvalue weighted by Gasteiger charge is 2.37. The number of rotatable bonds is 4. The molecule has 10 heteroatoms. The number of nitrogens with zero attached hydrogens (tertiary/aromatic N) is 3. The van der Waals surface area contributed by atoms with Crippen molar-refractivity contribution in [1.82, 2.24) is 20.1 Å². The first-order chi connectivity index (χ1) is 19.8. The number of amides is 2. The topological polar surface area (TPSA) is 85.8 Å². The van der Waals surface area contributed by atoms with E-state index in [0.29, 0.717) is 44.3 Å². The number of aliphatic hydroxyl groups is 1. The van der Waals surface area contributed by atoms with Gasteiger partial charge in [0.05, 0.1) is 17.8 Å². The molecule has 0 saturated carbocycles. The molecule has 0 spiro atoms. The Morgan fingerprint density at radius 1 is 1.00 bits per heavy atom. The zero-order chi connectivity index (χ0) is 28.7. The summed E-state index contributed by atoms with van der Waals surface area (Å²) in [4.78, 5) is 35.0. The van der Waals surface area contributed by atoms with E-state index in [2.05, 4.69) is 54.2 Å². The molecule has 1 unspecified atom stereocenters. The SMILES string of the molecule is O=C(CC1CCN(C(=O)C2C[C@@H](O)CN2)CC1)N1CCC([C@H]2c3ncc(Br)cc3CCc3cc(Cl)cc(Br)c32)CC1. The molecule has 0 radical (unpaired) electrons. The normalized spacial score (nSPS) is 25.5. The van der Waals surface area contributed by atoms with Gasteiger partial charge < -0.3 is 20.2 Å². The zero-order valence-electron chi connectivity index (χ0n) is 23.1. The Kier molecular flexibility index (Phi) is 9.09. The number of hydrogen-bond donors (Lipinski definition) is 2. The number of carbonyl (C=O) groups is 2. The number of β-amino-alcohol motifs (C(OH)–C–C–N with tert-alkyl or cyclic N) is 1. The lowest BCUT2D eigenvalue weighted by Crippen LogP contribution is -2.47. The summed E-state index contributed by atoms with van der Waals surface area (Å²) >= 11 is 13.9. The van der Waals surface area contributed by atoms with E-state index >= 15 is 0 Å². The number of aliphatic hydroxyl groups excluding tert-OH is 1. The summed E-state index contributed by atoms with van der Waals surface area (Å²) in [5.41, 5.74) is 5.03. The molecule has 7 nitrogen and oxygen atoms in total. The van der Waals surface area contributed by atoms with E-state index in [1.807, 2.05) is 17.2 Å². The Balaban J connectivity index is 1.08. The number of carbonyl (C=O) groups excluding carboxylic acids is 2. The predicted molar refractivity (Wildman–Crippen MR) is 166 cm³/mol. The number of fused-ring (bicyclic) bond motifs is 2. The molecule has 4 heterocycles. The molecule has 220 valence electrons. The van der Waals surface area contributed by atoms with Crippen LogP contribution in [0.5, 0.6) is 0 Å². The quantitative estimate of drug-likeness (QED) is 0.463. The monoisotopic (exact) mass is 706 g/mol. The summed E-state index contributed by atoms with van der Waals surface area (Å²) in [6.07, 6.45) is 7.97. The van der Waals surface area contributed by atoms with E-state index in [1.165, 1.54) is 16.7 Å². The van der Waals surface area contributed by atoms with Crippen molar-refractivity contribution in [2.24, 2.45) is 11.8 Å². The maximum Gasteiger partial charge on any atom is 0.239 e. The van der Waals surface area contributed by atoms with E-state index in [1.54, 1.807) is 0 Å². The van der Waals surface area contributed by atoms with Crippen LogP contribution >= 0.6 is 43.5 Å². The number of pyridine rings is 1. The van der Waals surface area contributed by atoms with Gasteiger partial charge in [-0.1, -0.05) is 27.5 Å². The third kappa shape index (κ3) is 6.40. The molecule has 3 fully saturated rings. The summed E-state index contributed by atoms with van der Waals surface area (Å²) < 4.78 is 2.05. The lowest BCUT2D eigenvalue weighted by atomic mass is 9.76. The largest absolute Gasteiger partial charge is 0.392 e. The smallest absolute Gasteiger partial charge is 0.239 e. The molecule has 3 saturated heterocycles. The van der Waals surface area contributed by atoms with Crippen LogP contribution in [0.2, 0.25) is 5.02 Å². The van der Waals surface area contributed by atoms with E-state index < -0.39 is 6.10 Å². The molecule has 1 aromatic carbocycles. The summed E-state index contributed by atoms with van der Waals surface area (Å²) in [6, 6.07) is 6.05.